The maximum Gasteiger partial charge on any atom is 0.135 e. The van der Waals surface area contributed by atoms with Gasteiger partial charge in [0.1, 0.15) is 11.2 Å². The van der Waals surface area contributed by atoms with Crippen LogP contribution in [0.2, 0.25) is 0 Å². The highest BCUT2D eigenvalue weighted by molar-refractivity contribution is 7.25. The molecule has 0 bridgehead atoms. The quantitative estimate of drug-likeness (QED) is 0.176. The largest absolute Gasteiger partial charge is 0.456 e. The SMILES string of the molecule is CC1(C)c2ccccc2-c2ccc(N(c3ccc4oc5ccccc5c4c3)c3ccc4c(c3)c3ccccc3c3ccccc3c3ccccc3c3cc5c(cc43)sc3ccccc35)cc21. The predicted octanol–water partition coefficient (Wildman–Crippen LogP) is 18.6. The number of rotatable bonds is 3. The third kappa shape index (κ3) is 5.41. The number of furan rings is 1. The van der Waals surface area contributed by atoms with Crippen molar-refractivity contribution < 1.29 is 4.42 Å². The van der Waals surface area contributed by atoms with E-state index in [1.807, 2.05) is 17.4 Å². The molecule has 3 heteroatoms. The molecule has 0 amide bonds. The van der Waals surface area contributed by atoms with Crippen molar-refractivity contribution in [1.29, 1.82) is 0 Å². The Morgan fingerprint density at radius 1 is 0.318 bits per heavy atom. The van der Waals surface area contributed by atoms with Crippen LogP contribution in [0.15, 0.2) is 217 Å². The Balaban J connectivity index is 1.14. The third-order valence-corrected chi connectivity index (χ3v) is 15.6. The molecule has 0 unspecified atom stereocenters. The first kappa shape index (κ1) is 37.4. The first-order valence-electron chi connectivity index (χ1n) is 22.8. The molecule has 0 N–H and O–H groups in total. The molecule has 0 spiro atoms. The predicted molar refractivity (Wildman–Crippen MR) is 284 cm³/mol. The van der Waals surface area contributed by atoms with E-state index in [9.17, 15) is 0 Å². The van der Waals surface area contributed by atoms with Crippen molar-refractivity contribution >= 4 is 124 Å². The highest BCUT2D eigenvalue weighted by Crippen LogP contribution is 2.51. The molecule has 13 aromatic rings. The van der Waals surface area contributed by atoms with Gasteiger partial charge in [-0.3, -0.25) is 0 Å². The maximum absolute atomic E-state index is 6.40. The van der Waals surface area contributed by atoms with E-state index in [2.05, 4.69) is 225 Å². The molecule has 0 saturated heterocycles. The van der Waals surface area contributed by atoms with Gasteiger partial charge in [-0.1, -0.05) is 159 Å². The Bertz CT molecular complexity index is 4280. The van der Waals surface area contributed by atoms with Crippen molar-refractivity contribution in [2.45, 2.75) is 19.3 Å². The zero-order valence-corrected chi connectivity index (χ0v) is 37.3. The second kappa shape index (κ2) is 14.0. The van der Waals surface area contributed by atoms with Crippen LogP contribution in [0.25, 0.3) is 107 Å². The van der Waals surface area contributed by atoms with E-state index in [-0.39, 0.29) is 5.41 Å². The molecule has 0 saturated carbocycles. The van der Waals surface area contributed by atoms with E-state index in [0.717, 1.165) is 39.0 Å². The Labute approximate surface area is 385 Å². The number of thiophene rings is 1. The van der Waals surface area contributed by atoms with Gasteiger partial charge in [-0.2, -0.15) is 0 Å². The standard InChI is InChI=1S/C63H41NOS/c1-63(2)57-24-12-9-21-48(57)49-31-28-40(35-58(49)63)64(39-29-32-60-55(34-39)50-22-10-13-25-59(50)65-60)38-27-30-47-52(33-38)45-19-7-5-17-43(45)41-15-3-4-16-42(41)44-18-6-8-20-46(44)53-36-56-51-23-11-14-26-61(51)66-62(56)37-54(47)53/h3-37H,1-2H3. The maximum atomic E-state index is 6.40. The van der Waals surface area contributed by atoms with Crippen LogP contribution in [0.1, 0.15) is 25.0 Å². The molecule has 2 nitrogen and oxygen atoms in total. The third-order valence-electron chi connectivity index (χ3n) is 14.5. The van der Waals surface area contributed by atoms with Crippen molar-refractivity contribution in [1.82, 2.24) is 0 Å². The summed E-state index contributed by atoms with van der Waals surface area (Å²) < 4.78 is 9.00. The molecule has 0 atom stereocenters. The zero-order chi connectivity index (χ0) is 43.7. The van der Waals surface area contributed by atoms with E-state index >= 15 is 0 Å². The molecule has 11 aromatic carbocycles. The molecule has 310 valence electrons. The fourth-order valence-electron chi connectivity index (χ4n) is 11.3. The first-order valence-corrected chi connectivity index (χ1v) is 23.6. The highest BCUT2D eigenvalue weighted by Gasteiger charge is 2.36. The van der Waals surface area contributed by atoms with E-state index in [1.165, 1.54) is 96.3 Å². The monoisotopic (exact) mass is 859 g/mol. The molecule has 2 aromatic heterocycles. The minimum absolute atomic E-state index is 0.161. The Kier molecular flexibility index (Phi) is 7.94. The molecule has 14 rings (SSSR count). The smallest absolute Gasteiger partial charge is 0.135 e. The van der Waals surface area contributed by atoms with E-state index in [4.69, 9.17) is 4.42 Å². The van der Waals surface area contributed by atoms with Gasteiger partial charge >= 0.3 is 0 Å². The van der Waals surface area contributed by atoms with Gasteiger partial charge in [-0.05, 0) is 143 Å². The number of para-hydroxylation sites is 1. The molecule has 1 aliphatic rings. The average Bonchev–Trinajstić information content (AvgIpc) is 4.00. The van der Waals surface area contributed by atoms with Crippen molar-refractivity contribution in [2.75, 3.05) is 4.90 Å². The fraction of sp³-hybridized carbons (Fsp3) is 0.0476. The summed E-state index contributed by atoms with van der Waals surface area (Å²) >= 11 is 1.88. The van der Waals surface area contributed by atoms with Crippen molar-refractivity contribution in [2.24, 2.45) is 0 Å². The lowest BCUT2D eigenvalue weighted by molar-refractivity contribution is 0.660. The Hall–Kier alpha value is -7.98. The van der Waals surface area contributed by atoms with Crippen LogP contribution in [-0.4, -0.2) is 0 Å². The number of anilines is 3. The topological polar surface area (TPSA) is 16.4 Å². The van der Waals surface area contributed by atoms with Crippen molar-refractivity contribution in [3.8, 4) is 11.1 Å². The average molecular weight is 860 g/mol. The summed E-state index contributed by atoms with van der Waals surface area (Å²) in [7, 11) is 0. The zero-order valence-electron chi connectivity index (χ0n) is 36.5. The number of fused-ring (bicyclic) bond motifs is 19. The van der Waals surface area contributed by atoms with Crippen LogP contribution in [0, 0.1) is 0 Å². The summed E-state index contributed by atoms with van der Waals surface area (Å²) in [6.07, 6.45) is 0. The van der Waals surface area contributed by atoms with Gasteiger partial charge in [0.15, 0.2) is 0 Å². The second-order valence-electron chi connectivity index (χ2n) is 18.4. The lowest BCUT2D eigenvalue weighted by Gasteiger charge is -2.28. The summed E-state index contributed by atoms with van der Waals surface area (Å²) in [5.41, 5.74) is 10.2. The summed E-state index contributed by atoms with van der Waals surface area (Å²) in [5.74, 6) is 0. The number of benzene rings is 10. The van der Waals surface area contributed by atoms with Crippen LogP contribution >= 0.6 is 11.3 Å². The number of hydrogen-bond acceptors (Lipinski definition) is 3. The number of nitrogens with zero attached hydrogens (tertiary/aromatic N) is 1. The van der Waals surface area contributed by atoms with Gasteiger partial charge in [0, 0.05) is 53.4 Å². The van der Waals surface area contributed by atoms with Gasteiger partial charge in [-0.15, -0.1) is 11.3 Å². The van der Waals surface area contributed by atoms with E-state index in [1.54, 1.807) is 0 Å². The summed E-state index contributed by atoms with van der Waals surface area (Å²) in [5, 5.41) is 17.0. The van der Waals surface area contributed by atoms with Crippen LogP contribution in [0.3, 0.4) is 0 Å². The molecule has 0 aliphatic heterocycles. The molecule has 66 heavy (non-hydrogen) atoms. The molecule has 0 fully saturated rings. The molecule has 0 radical (unpaired) electrons. The van der Waals surface area contributed by atoms with Gasteiger partial charge in [0.25, 0.3) is 0 Å². The van der Waals surface area contributed by atoms with Gasteiger partial charge in [0.2, 0.25) is 0 Å². The molecular weight excluding hydrogens is 819 g/mol. The van der Waals surface area contributed by atoms with E-state index in [0.29, 0.717) is 0 Å². The molecule has 2 heterocycles. The van der Waals surface area contributed by atoms with Crippen molar-refractivity contribution in [3.05, 3.63) is 223 Å². The van der Waals surface area contributed by atoms with Crippen LogP contribution in [0.4, 0.5) is 17.1 Å². The lowest BCUT2D eigenvalue weighted by Crippen LogP contribution is -2.16. The second-order valence-corrected chi connectivity index (χ2v) is 19.5. The van der Waals surface area contributed by atoms with Crippen LogP contribution in [0.5, 0.6) is 0 Å². The van der Waals surface area contributed by atoms with E-state index < -0.39 is 0 Å². The Morgan fingerprint density at radius 3 is 1.50 bits per heavy atom. The number of hydrogen-bond donors (Lipinski definition) is 0. The minimum atomic E-state index is -0.161. The molecule has 1 aliphatic carbocycles. The first-order chi connectivity index (χ1) is 32.5. The summed E-state index contributed by atoms with van der Waals surface area (Å²) in [6, 6.07) is 79.0. The Morgan fingerprint density at radius 2 is 0.788 bits per heavy atom. The van der Waals surface area contributed by atoms with Crippen LogP contribution < -0.4 is 4.90 Å². The fourth-order valence-corrected chi connectivity index (χ4v) is 12.5. The lowest BCUT2D eigenvalue weighted by atomic mass is 9.82. The van der Waals surface area contributed by atoms with Crippen molar-refractivity contribution in [3.63, 3.8) is 0 Å². The summed E-state index contributed by atoms with van der Waals surface area (Å²) in [4.78, 5) is 2.46. The highest BCUT2D eigenvalue weighted by atomic mass is 32.1. The minimum Gasteiger partial charge on any atom is -0.456 e. The van der Waals surface area contributed by atoms with Gasteiger partial charge < -0.3 is 9.32 Å². The normalized spacial score (nSPS) is 13.1. The molecular formula is C63H41NOS. The summed E-state index contributed by atoms with van der Waals surface area (Å²) in [6.45, 7) is 4.73. The van der Waals surface area contributed by atoms with Gasteiger partial charge in [-0.25, -0.2) is 0 Å². The van der Waals surface area contributed by atoms with Gasteiger partial charge in [0.05, 0.1) is 0 Å². The van der Waals surface area contributed by atoms with Crippen LogP contribution in [-0.2, 0) is 5.41 Å².